The number of nitrogens with one attached hydrogen (secondary N) is 2. The van der Waals surface area contributed by atoms with Crippen molar-refractivity contribution in [3.63, 3.8) is 0 Å². The van der Waals surface area contributed by atoms with E-state index in [4.69, 9.17) is 14.0 Å². The largest absolute Gasteiger partial charge is 0.489 e. The second-order valence-corrected chi connectivity index (χ2v) is 6.11. The molecule has 0 atom stereocenters. The van der Waals surface area contributed by atoms with E-state index >= 15 is 0 Å². The van der Waals surface area contributed by atoms with Gasteiger partial charge in [0.25, 0.3) is 11.7 Å². The molecule has 1 aromatic heterocycles. The summed E-state index contributed by atoms with van der Waals surface area (Å²) < 4.78 is 57.8. The molecule has 0 saturated carbocycles. The molecule has 0 radical (unpaired) electrons. The van der Waals surface area contributed by atoms with Crippen LogP contribution < -0.4 is 20.1 Å². The van der Waals surface area contributed by atoms with Gasteiger partial charge in [-0.2, -0.15) is 13.2 Å². The SMILES string of the molecule is COC(=O)Nc1noc(C(=O)Nc2ccc(Oc3ccc(C(F)(F)F)cc3)cc2)c1OC. The van der Waals surface area contributed by atoms with E-state index in [0.717, 1.165) is 19.2 Å². The predicted molar refractivity (Wildman–Crippen MR) is 105 cm³/mol. The Morgan fingerprint density at radius 2 is 1.53 bits per heavy atom. The van der Waals surface area contributed by atoms with Crippen LogP contribution in [0.15, 0.2) is 53.1 Å². The summed E-state index contributed by atoms with van der Waals surface area (Å²) in [4.78, 5) is 23.8. The third kappa shape index (κ3) is 5.28. The Labute approximate surface area is 179 Å². The van der Waals surface area contributed by atoms with Crippen molar-refractivity contribution in [2.45, 2.75) is 6.18 Å². The van der Waals surface area contributed by atoms with Gasteiger partial charge in [0, 0.05) is 5.69 Å². The van der Waals surface area contributed by atoms with Gasteiger partial charge in [0.15, 0.2) is 0 Å². The summed E-state index contributed by atoms with van der Waals surface area (Å²) in [6.45, 7) is 0. The Morgan fingerprint density at radius 1 is 0.938 bits per heavy atom. The van der Waals surface area contributed by atoms with Crippen LogP contribution in [-0.2, 0) is 10.9 Å². The molecule has 0 aliphatic heterocycles. The number of hydrogen-bond donors (Lipinski definition) is 2. The highest BCUT2D eigenvalue weighted by Crippen LogP contribution is 2.32. The molecule has 0 unspecified atom stereocenters. The van der Waals surface area contributed by atoms with Crippen LogP contribution in [0.3, 0.4) is 0 Å². The summed E-state index contributed by atoms with van der Waals surface area (Å²) in [6.07, 6.45) is -5.26. The van der Waals surface area contributed by atoms with E-state index in [1.54, 1.807) is 0 Å². The van der Waals surface area contributed by atoms with E-state index in [0.29, 0.717) is 11.4 Å². The number of ether oxygens (including phenoxy) is 3. The van der Waals surface area contributed by atoms with Crippen LogP contribution in [0.4, 0.5) is 29.5 Å². The van der Waals surface area contributed by atoms with E-state index < -0.39 is 23.7 Å². The average molecular weight is 451 g/mol. The first kappa shape index (κ1) is 22.5. The number of benzene rings is 2. The molecule has 0 aliphatic carbocycles. The van der Waals surface area contributed by atoms with Crippen LogP contribution >= 0.6 is 0 Å². The molecule has 3 aromatic rings. The van der Waals surface area contributed by atoms with Crippen LogP contribution in [-0.4, -0.2) is 31.4 Å². The summed E-state index contributed by atoms with van der Waals surface area (Å²) in [5.74, 6) is -0.677. The third-order valence-electron chi connectivity index (χ3n) is 4.00. The predicted octanol–water partition coefficient (Wildman–Crippen LogP) is 4.92. The zero-order valence-electron chi connectivity index (χ0n) is 16.6. The highest BCUT2D eigenvalue weighted by atomic mass is 19.4. The van der Waals surface area contributed by atoms with Gasteiger partial charge in [0.2, 0.25) is 11.6 Å². The highest BCUT2D eigenvalue weighted by molar-refractivity contribution is 6.05. The molecule has 0 aliphatic rings. The summed E-state index contributed by atoms with van der Waals surface area (Å²) >= 11 is 0. The molecule has 2 amide bonds. The minimum atomic E-state index is -4.43. The van der Waals surface area contributed by atoms with Crippen molar-refractivity contribution in [2.75, 3.05) is 24.9 Å². The lowest BCUT2D eigenvalue weighted by Crippen LogP contribution is -2.14. The summed E-state index contributed by atoms with van der Waals surface area (Å²) in [7, 11) is 2.42. The van der Waals surface area contributed by atoms with E-state index in [9.17, 15) is 22.8 Å². The standard InChI is InChI=1S/C20H16F3N3O6/c1-29-15-16(32-26-17(15)25-19(28)30-2)18(27)24-12-5-9-14(10-6-12)31-13-7-3-11(4-8-13)20(21,22)23/h3-10H,1-2H3,(H,24,27)(H,25,26,28). The molecule has 2 aromatic carbocycles. The molecule has 1 heterocycles. The van der Waals surface area contributed by atoms with Crippen molar-refractivity contribution >= 4 is 23.5 Å². The normalized spacial score (nSPS) is 10.9. The molecule has 0 fully saturated rings. The molecule has 168 valence electrons. The van der Waals surface area contributed by atoms with Gasteiger partial charge in [0.1, 0.15) is 11.5 Å². The molecule has 9 nitrogen and oxygen atoms in total. The Balaban J connectivity index is 1.66. The van der Waals surface area contributed by atoms with Gasteiger partial charge in [-0.15, -0.1) is 0 Å². The summed E-state index contributed by atoms with van der Waals surface area (Å²) in [6, 6.07) is 10.3. The maximum absolute atomic E-state index is 12.6. The van der Waals surface area contributed by atoms with E-state index in [1.807, 2.05) is 0 Å². The first-order valence-electron chi connectivity index (χ1n) is 8.86. The number of anilines is 2. The van der Waals surface area contributed by atoms with Gasteiger partial charge in [-0.1, -0.05) is 5.16 Å². The van der Waals surface area contributed by atoms with Crippen LogP contribution in [0, 0.1) is 0 Å². The molecule has 12 heteroatoms. The van der Waals surface area contributed by atoms with Crippen molar-refractivity contribution in [2.24, 2.45) is 0 Å². The number of hydrogen-bond acceptors (Lipinski definition) is 7. The third-order valence-corrected chi connectivity index (χ3v) is 4.00. The Kier molecular flexibility index (Phi) is 6.52. The molecule has 0 saturated heterocycles. The molecular weight excluding hydrogens is 435 g/mol. The van der Waals surface area contributed by atoms with Gasteiger partial charge in [-0.3, -0.25) is 10.1 Å². The topological polar surface area (TPSA) is 112 Å². The number of aromatic nitrogens is 1. The maximum atomic E-state index is 12.6. The highest BCUT2D eigenvalue weighted by Gasteiger charge is 2.30. The number of carbonyl (C=O) groups excluding carboxylic acids is 2. The number of carbonyl (C=O) groups is 2. The Hall–Kier alpha value is -4.22. The second kappa shape index (κ2) is 9.29. The quantitative estimate of drug-likeness (QED) is 0.547. The van der Waals surface area contributed by atoms with Crippen LogP contribution in [0.1, 0.15) is 16.1 Å². The zero-order chi connectivity index (χ0) is 23.3. The number of methoxy groups -OCH3 is 2. The lowest BCUT2D eigenvalue weighted by atomic mass is 10.2. The zero-order valence-corrected chi connectivity index (χ0v) is 16.6. The van der Waals surface area contributed by atoms with Crippen LogP contribution in [0.2, 0.25) is 0 Å². The molecule has 3 rings (SSSR count). The fourth-order valence-corrected chi connectivity index (χ4v) is 2.49. The van der Waals surface area contributed by atoms with Crippen LogP contribution in [0.25, 0.3) is 0 Å². The Bertz CT molecular complexity index is 1100. The monoisotopic (exact) mass is 451 g/mol. The second-order valence-electron chi connectivity index (χ2n) is 6.11. The minimum Gasteiger partial charge on any atom is -0.489 e. The molecule has 2 N–H and O–H groups in total. The minimum absolute atomic E-state index is 0.102. The van der Waals surface area contributed by atoms with E-state index in [-0.39, 0.29) is 23.1 Å². The van der Waals surface area contributed by atoms with Crippen molar-refractivity contribution in [3.8, 4) is 17.2 Å². The summed E-state index contributed by atoms with van der Waals surface area (Å²) in [5, 5.41) is 8.35. The van der Waals surface area contributed by atoms with Crippen molar-refractivity contribution in [1.29, 1.82) is 0 Å². The van der Waals surface area contributed by atoms with Gasteiger partial charge >= 0.3 is 12.3 Å². The molecular formula is C20H16F3N3O6. The van der Waals surface area contributed by atoms with Crippen molar-refractivity contribution < 1.29 is 41.5 Å². The number of rotatable bonds is 6. The first-order valence-corrected chi connectivity index (χ1v) is 8.86. The van der Waals surface area contributed by atoms with Gasteiger partial charge in [-0.05, 0) is 48.5 Å². The van der Waals surface area contributed by atoms with Gasteiger partial charge in [-0.25, -0.2) is 4.79 Å². The number of amides is 2. The first-order chi connectivity index (χ1) is 15.2. The molecule has 0 bridgehead atoms. The van der Waals surface area contributed by atoms with Crippen molar-refractivity contribution in [3.05, 3.63) is 59.9 Å². The maximum Gasteiger partial charge on any atom is 0.416 e. The molecule has 32 heavy (non-hydrogen) atoms. The van der Waals surface area contributed by atoms with E-state index in [1.165, 1.54) is 43.5 Å². The van der Waals surface area contributed by atoms with E-state index in [2.05, 4.69) is 20.5 Å². The fourth-order valence-electron chi connectivity index (χ4n) is 2.49. The lowest BCUT2D eigenvalue weighted by Gasteiger charge is -2.10. The van der Waals surface area contributed by atoms with Crippen LogP contribution in [0.5, 0.6) is 17.2 Å². The Morgan fingerprint density at radius 3 is 2.06 bits per heavy atom. The average Bonchev–Trinajstić information content (AvgIpc) is 3.17. The van der Waals surface area contributed by atoms with Gasteiger partial charge in [0.05, 0.1) is 19.8 Å². The number of nitrogens with zero attached hydrogens (tertiary/aromatic N) is 1. The van der Waals surface area contributed by atoms with Gasteiger partial charge < -0.3 is 24.1 Å². The van der Waals surface area contributed by atoms with Crippen molar-refractivity contribution in [1.82, 2.24) is 5.16 Å². The molecule has 0 spiro atoms. The smallest absolute Gasteiger partial charge is 0.416 e. The number of alkyl halides is 3. The summed E-state index contributed by atoms with van der Waals surface area (Å²) in [5.41, 5.74) is -0.425. The number of halogens is 3. The lowest BCUT2D eigenvalue weighted by molar-refractivity contribution is -0.137. The fraction of sp³-hybridized carbons (Fsp3) is 0.150.